The average molecular weight is 206 g/mol. The second-order valence-corrected chi connectivity index (χ2v) is 4.73. The summed E-state index contributed by atoms with van der Waals surface area (Å²) < 4.78 is 4.85. The Hall–Kier alpha value is -1.31. The van der Waals surface area contributed by atoms with Gasteiger partial charge in [-0.15, -0.1) is 0 Å². The molecule has 1 atom stereocenters. The highest BCUT2D eigenvalue weighted by Crippen LogP contribution is 2.35. The van der Waals surface area contributed by atoms with Gasteiger partial charge in [-0.1, -0.05) is 51.1 Å². The summed E-state index contributed by atoms with van der Waals surface area (Å²) in [6.07, 6.45) is 0. The number of methoxy groups -OCH3 is 1. The van der Waals surface area contributed by atoms with Crippen LogP contribution < -0.4 is 0 Å². The van der Waals surface area contributed by atoms with E-state index < -0.39 is 0 Å². The summed E-state index contributed by atoms with van der Waals surface area (Å²) >= 11 is 0. The zero-order chi connectivity index (χ0) is 11.5. The molecule has 0 spiro atoms. The molecule has 0 bridgehead atoms. The zero-order valence-electron chi connectivity index (χ0n) is 9.78. The van der Waals surface area contributed by atoms with Crippen LogP contribution in [0.3, 0.4) is 0 Å². The molecular formula is C13H18O2. The molecule has 1 aromatic carbocycles. The molecule has 0 saturated carbocycles. The average Bonchev–Trinajstić information content (AvgIpc) is 2.17. The number of esters is 1. The van der Waals surface area contributed by atoms with Gasteiger partial charge in [0.15, 0.2) is 0 Å². The van der Waals surface area contributed by atoms with E-state index in [-0.39, 0.29) is 17.3 Å². The number of benzene rings is 1. The van der Waals surface area contributed by atoms with E-state index in [1.54, 1.807) is 0 Å². The Balaban J connectivity index is 3.08. The predicted octanol–water partition coefficient (Wildman–Crippen LogP) is 2.99. The molecule has 0 aliphatic heterocycles. The highest BCUT2D eigenvalue weighted by molar-refractivity contribution is 5.79. The maximum Gasteiger partial charge on any atom is 0.313 e. The summed E-state index contributed by atoms with van der Waals surface area (Å²) in [5.74, 6) is -0.377. The Morgan fingerprint density at radius 2 is 1.73 bits per heavy atom. The molecule has 15 heavy (non-hydrogen) atoms. The van der Waals surface area contributed by atoms with E-state index >= 15 is 0 Å². The lowest BCUT2D eigenvalue weighted by Crippen LogP contribution is -2.27. The van der Waals surface area contributed by atoms with E-state index in [2.05, 4.69) is 0 Å². The molecule has 0 fully saturated rings. The van der Waals surface area contributed by atoms with Crippen molar-refractivity contribution in [2.45, 2.75) is 26.7 Å². The van der Waals surface area contributed by atoms with Crippen molar-refractivity contribution in [2.24, 2.45) is 5.41 Å². The molecule has 82 valence electrons. The van der Waals surface area contributed by atoms with E-state index in [4.69, 9.17) is 4.74 Å². The number of carbonyl (C=O) groups excluding carboxylic acids is 1. The van der Waals surface area contributed by atoms with Gasteiger partial charge in [-0.05, 0) is 11.0 Å². The fraction of sp³-hybridized carbons (Fsp3) is 0.462. The molecule has 0 aromatic heterocycles. The minimum atomic E-state index is -0.205. The zero-order valence-corrected chi connectivity index (χ0v) is 9.78. The first-order chi connectivity index (χ1) is 6.96. The molecule has 0 amide bonds. The number of hydrogen-bond acceptors (Lipinski definition) is 2. The summed E-state index contributed by atoms with van der Waals surface area (Å²) in [5, 5.41) is 0. The first kappa shape index (κ1) is 11.8. The standard InChI is InChI=1S/C13H18O2/c1-13(2,3)11(12(14)15-4)10-8-6-5-7-9-10/h5-9,11H,1-4H3/t11-/m1/s1. The van der Waals surface area contributed by atoms with Crippen molar-refractivity contribution < 1.29 is 9.53 Å². The third kappa shape index (κ3) is 2.82. The van der Waals surface area contributed by atoms with Crippen LogP contribution in [0.2, 0.25) is 0 Å². The van der Waals surface area contributed by atoms with Gasteiger partial charge in [-0.2, -0.15) is 0 Å². The molecule has 0 aliphatic rings. The lowest BCUT2D eigenvalue weighted by molar-refractivity contribution is -0.145. The molecule has 1 aromatic rings. The summed E-state index contributed by atoms with van der Waals surface area (Å²) in [5.41, 5.74) is 0.880. The topological polar surface area (TPSA) is 26.3 Å². The van der Waals surface area contributed by atoms with Crippen LogP contribution in [0.4, 0.5) is 0 Å². The van der Waals surface area contributed by atoms with Gasteiger partial charge in [0.2, 0.25) is 0 Å². The van der Waals surface area contributed by atoms with Gasteiger partial charge in [-0.25, -0.2) is 0 Å². The normalized spacial score (nSPS) is 13.3. The molecule has 2 nitrogen and oxygen atoms in total. The Kier molecular flexibility index (Phi) is 3.51. The van der Waals surface area contributed by atoms with Gasteiger partial charge in [0, 0.05) is 0 Å². The molecule has 0 saturated heterocycles. The van der Waals surface area contributed by atoms with Crippen molar-refractivity contribution in [2.75, 3.05) is 7.11 Å². The minimum Gasteiger partial charge on any atom is -0.469 e. The van der Waals surface area contributed by atoms with Crippen LogP contribution in [0.25, 0.3) is 0 Å². The van der Waals surface area contributed by atoms with E-state index in [9.17, 15) is 4.79 Å². The molecule has 0 unspecified atom stereocenters. The second kappa shape index (κ2) is 4.47. The Morgan fingerprint density at radius 1 is 1.20 bits per heavy atom. The number of carbonyl (C=O) groups is 1. The van der Waals surface area contributed by atoms with E-state index in [0.29, 0.717) is 0 Å². The van der Waals surface area contributed by atoms with Crippen molar-refractivity contribution in [3.8, 4) is 0 Å². The van der Waals surface area contributed by atoms with Crippen LogP contribution >= 0.6 is 0 Å². The Bertz CT molecular complexity index is 322. The number of hydrogen-bond donors (Lipinski definition) is 0. The first-order valence-electron chi connectivity index (χ1n) is 5.09. The van der Waals surface area contributed by atoms with E-state index in [1.807, 2.05) is 51.1 Å². The van der Waals surface area contributed by atoms with Gasteiger partial charge in [0.25, 0.3) is 0 Å². The quantitative estimate of drug-likeness (QED) is 0.695. The smallest absolute Gasteiger partial charge is 0.313 e. The third-order valence-electron chi connectivity index (χ3n) is 2.44. The van der Waals surface area contributed by atoms with Crippen molar-refractivity contribution in [1.29, 1.82) is 0 Å². The van der Waals surface area contributed by atoms with Crippen LogP contribution in [0.1, 0.15) is 32.3 Å². The molecule has 0 heterocycles. The van der Waals surface area contributed by atoms with Gasteiger partial charge >= 0.3 is 5.97 Å². The summed E-state index contributed by atoms with van der Waals surface area (Å²) in [6.45, 7) is 6.13. The molecule has 0 radical (unpaired) electrons. The lowest BCUT2D eigenvalue weighted by Gasteiger charge is -2.28. The molecule has 2 heteroatoms. The predicted molar refractivity (Wildman–Crippen MR) is 60.7 cm³/mol. The molecular weight excluding hydrogens is 188 g/mol. The highest BCUT2D eigenvalue weighted by atomic mass is 16.5. The maximum atomic E-state index is 11.7. The van der Waals surface area contributed by atoms with Crippen LogP contribution in [0.5, 0.6) is 0 Å². The second-order valence-electron chi connectivity index (χ2n) is 4.73. The largest absolute Gasteiger partial charge is 0.469 e. The summed E-state index contributed by atoms with van der Waals surface area (Å²) in [4.78, 5) is 11.7. The van der Waals surface area contributed by atoms with E-state index in [1.165, 1.54) is 7.11 Å². The molecule has 0 N–H and O–H groups in total. The Morgan fingerprint density at radius 3 is 2.13 bits per heavy atom. The Labute approximate surface area is 91.3 Å². The van der Waals surface area contributed by atoms with Crippen molar-refractivity contribution >= 4 is 5.97 Å². The van der Waals surface area contributed by atoms with Crippen LogP contribution in [0.15, 0.2) is 30.3 Å². The van der Waals surface area contributed by atoms with Crippen molar-refractivity contribution in [1.82, 2.24) is 0 Å². The van der Waals surface area contributed by atoms with E-state index in [0.717, 1.165) is 5.56 Å². The minimum absolute atomic E-state index is 0.131. The van der Waals surface area contributed by atoms with Gasteiger partial charge < -0.3 is 4.74 Å². The SMILES string of the molecule is COC(=O)[C@@H](c1ccccc1)C(C)(C)C. The monoisotopic (exact) mass is 206 g/mol. The fourth-order valence-corrected chi connectivity index (χ4v) is 1.75. The van der Waals surface area contributed by atoms with Crippen LogP contribution in [-0.4, -0.2) is 13.1 Å². The van der Waals surface area contributed by atoms with Crippen LogP contribution in [-0.2, 0) is 9.53 Å². The van der Waals surface area contributed by atoms with Crippen molar-refractivity contribution in [3.63, 3.8) is 0 Å². The first-order valence-corrected chi connectivity index (χ1v) is 5.09. The lowest BCUT2D eigenvalue weighted by atomic mass is 9.76. The highest BCUT2D eigenvalue weighted by Gasteiger charge is 2.33. The fourth-order valence-electron chi connectivity index (χ4n) is 1.75. The van der Waals surface area contributed by atoms with Gasteiger partial charge in [-0.3, -0.25) is 4.79 Å². The number of ether oxygens (including phenoxy) is 1. The third-order valence-corrected chi connectivity index (χ3v) is 2.44. The summed E-state index contributed by atoms with van der Waals surface area (Å²) in [7, 11) is 1.43. The van der Waals surface area contributed by atoms with Gasteiger partial charge in [0.05, 0.1) is 13.0 Å². The van der Waals surface area contributed by atoms with Crippen LogP contribution in [0, 0.1) is 5.41 Å². The summed E-state index contributed by atoms with van der Waals surface area (Å²) in [6, 6.07) is 9.76. The van der Waals surface area contributed by atoms with Gasteiger partial charge in [0.1, 0.15) is 0 Å². The maximum absolute atomic E-state index is 11.7. The number of rotatable bonds is 2. The van der Waals surface area contributed by atoms with Crippen molar-refractivity contribution in [3.05, 3.63) is 35.9 Å². The molecule has 0 aliphatic carbocycles. The molecule has 1 rings (SSSR count).